The number of β-lactam (4-membered cyclic amide) rings is 1. The molecule has 1 saturated heterocycles. The van der Waals surface area contributed by atoms with Gasteiger partial charge in [-0.25, -0.2) is 4.98 Å². The molecule has 0 radical (unpaired) electrons. The van der Waals surface area contributed by atoms with Crippen LogP contribution in [0.2, 0.25) is 0 Å². The van der Waals surface area contributed by atoms with Crippen LogP contribution in [0, 0.1) is 0 Å². The van der Waals surface area contributed by atoms with E-state index in [9.17, 15) is 27.4 Å². The van der Waals surface area contributed by atoms with Crippen molar-refractivity contribution in [2.24, 2.45) is 5.16 Å². The summed E-state index contributed by atoms with van der Waals surface area (Å²) in [6, 6.07) is -1.22. The van der Waals surface area contributed by atoms with Crippen molar-refractivity contribution in [3.05, 3.63) is 11.1 Å². The Hall–Kier alpha value is -1.94. The summed E-state index contributed by atoms with van der Waals surface area (Å²) < 4.78 is 32.5. The van der Waals surface area contributed by atoms with Crippen LogP contribution in [0.4, 0.5) is 5.13 Å². The first-order valence-corrected chi connectivity index (χ1v) is 11.9. The van der Waals surface area contributed by atoms with Gasteiger partial charge in [0.15, 0.2) is 10.8 Å². The number of carbonyl (C=O) groups excluding carboxylic acids is 3. The van der Waals surface area contributed by atoms with Gasteiger partial charge in [-0.15, -0.1) is 34.7 Å². The first kappa shape index (κ1) is 24.3. The molecule has 0 spiro atoms. The van der Waals surface area contributed by atoms with Gasteiger partial charge in [0.05, 0.1) is 0 Å². The molecule has 2 heterocycles. The summed E-state index contributed by atoms with van der Waals surface area (Å²) in [5.41, 5.74) is -0.248. The molecule has 2 atom stereocenters. The largest absolute Gasteiger partial charge is 0.398 e. The number of rotatable bonds is 9. The molecule has 12 nitrogen and oxygen atoms in total. The molecule has 166 valence electrons. The molecule has 16 heteroatoms. The minimum atomic E-state index is -4.78. The standard InChI is InChI=1S/C14H18ClN5O7S3/c1-6(2)29-13-10(12(23)20(13)30(24,25)26)18-11(22)9(19-27-3)7-5-28-14(16-7)17-8(21)4-15/h5-6,10,13H,4H2,1-3H3,(H,18,22)(H,16,17,21)(H,24,25,26)/t10-,13+/m0/s1. The number of oxime groups is 1. The highest BCUT2D eigenvalue weighted by Gasteiger charge is 2.54. The number of thiazole rings is 1. The Bertz CT molecular complexity index is 965. The molecule has 0 aliphatic carbocycles. The van der Waals surface area contributed by atoms with E-state index in [1.807, 2.05) is 0 Å². The SMILES string of the molecule is CON=C(C(=O)N[C@H]1C(=O)N(S(=O)(=O)O)[C@@H]1SC(C)C)c1csc(NC(=O)CCl)n1. The quantitative estimate of drug-likeness (QED) is 0.142. The predicted molar refractivity (Wildman–Crippen MR) is 112 cm³/mol. The zero-order valence-electron chi connectivity index (χ0n) is 15.9. The molecule has 1 fully saturated rings. The van der Waals surface area contributed by atoms with Gasteiger partial charge in [0.1, 0.15) is 30.1 Å². The highest BCUT2D eigenvalue weighted by atomic mass is 35.5. The summed E-state index contributed by atoms with van der Waals surface area (Å²) in [6.45, 7) is 3.52. The number of anilines is 1. The van der Waals surface area contributed by atoms with E-state index in [0.29, 0.717) is 4.31 Å². The van der Waals surface area contributed by atoms with Gasteiger partial charge >= 0.3 is 10.3 Å². The zero-order chi connectivity index (χ0) is 22.6. The number of amides is 3. The van der Waals surface area contributed by atoms with Gasteiger partial charge in [-0.3, -0.25) is 18.9 Å². The Morgan fingerprint density at radius 2 is 2.17 bits per heavy atom. The Morgan fingerprint density at radius 3 is 2.70 bits per heavy atom. The molecular formula is C14H18ClN5O7S3. The fraction of sp³-hybridized carbons (Fsp3) is 0.500. The maximum absolute atomic E-state index is 12.7. The molecule has 30 heavy (non-hydrogen) atoms. The number of thioether (sulfide) groups is 1. The summed E-state index contributed by atoms with van der Waals surface area (Å²) in [5.74, 6) is -2.63. The highest BCUT2D eigenvalue weighted by molar-refractivity contribution is 8.01. The van der Waals surface area contributed by atoms with Gasteiger partial charge < -0.3 is 15.5 Å². The second kappa shape index (κ2) is 9.91. The van der Waals surface area contributed by atoms with Crippen LogP contribution in [0.15, 0.2) is 10.5 Å². The molecular weight excluding hydrogens is 482 g/mol. The van der Waals surface area contributed by atoms with Crippen LogP contribution in [-0.4, -0.2) is 75.3 Å². The number of nitrogens with zero attached hydrogens (tertiary/aromatic N) is 3. The van der Waals surface area contributed by atoms with E-state index in [2.05, 4.69) is 25.6 Å². The number of halogens is 1. The third kappa shape index (κ3) is 5.60. The number of carbonyl (C=O) groups is 3. The number of nitrogens with one attached hydrogen (secondary N) is 2. The summed E-state index contributed by atoms with van der Waals surface area (Å²) in [4.78, 5) is 45.0. The molecule has 0 unspecified atom stereocenters. The van der Waals surface area contributed by atoms with Gasteiger partial charge in [-0.2, -0.15) is 12.7 Å². The fourth-order valence-corrected chi connectivity index (χ4v) is 5.42. The summed E-state index contributed by atoms with van der Waals surface area (Å²) >= 11 is 7.49. The van der Waals surface area contributed by atoms with Crippen molar-refractivity contribution in [3.8, 4) is 0 Å². The molecule has 3 N–H and O–H groups in total. The van der Waals surface area contributed by atoms with Gasteiger partial charge in [0.2, 0.25) is 5.91 Å². The first-order chi connectivity index (χ1) is 14.0. The second-order valence-corrected chi connectivity index (χ2v) is 10.1. The number of hydrogen-bond donors (Lipinski definition) is 3. The predicted octanol–water partition coefficient (Wildman–Crippen LogP) is 0.268. The van der Waals surface area contributed by atoms with Gasteiger partial charge in [-0.05, 0) is 0 Å². The van der Waals surface area contributed by atoms with Crippen molar-refractivity contribution in [1.82, 2.24) is 14.6 Å². The van der Waals surface area contributed by atoms with E-state index >= 15 is 0 Å². The average Bonchev–Trinajstić information content (AvgIpc) is 3.09. The maximum atomic E-state index is 12.7. The van der Waals surface area contributed by atoms with Crippen LogP contribution in [0.1, 0.15) is 19.5 Å². The molecule has 0 saturated carbocycles. The Kier molecular flexibility index (Phi) is 8.04. The normalized spacial score (nSPS) is 19.5. The molecule has 2 rings (SSSR count). The topological polar surface area (TPSA) is 167 Å². The van der Waals surface area contributed by atoms with Crippen LogP contribution in [0.25, 0.3) is 0 Å². The number of alkyl halides is 1. The monoisotopic (exact) mass is 499 g/mol. The molecule has 0 aromatic carbocycles. The minimum Gasteiger partial charge on any atom is -0.398 e. The van der Waals surface area contributed by atoms with E-state index in [-0.39, 0.29) is 27.7 Å². The van der Waals surface area contributed by atoms with E-state index in [0.717, 1.165) is 23.1 Å². The van der Waals surface area contributed by atoms with Crippen molar-refractivity contribution in [2.45, 2.75) is 30.5 Å². The van der Waals surface area contributed by atoms with E-state index < -0.39 is 39.4 Å². The molecule has 1 aliphatic heterocycles. The third-order valence-electron chi connectivity index (χ3n) is 3.46. The summed E-state index contributed by atoms with van der Waals surface area (Å²) in [5, 5.41) is 8.87. The first-order valence-electron chi connectivity index (χ1n) is 8.19. The lowest BCUT2D eigenvalue weighted by molar-refractivity contribution is -0.141. The average molecular weight is 500 g/mol. The Balaban J connectivity index is 2.21. The third-order valence-corrected chi connectivity index (χ3v) is 6.80. The van der Waals surface area contributed by atoms with Crippen LogP contribution in [-0.2, 0) is 29.5 Å². The lowest BCUT2D eigenvalue weighted by atomic mass is 10.1. The van der Waals surface area contributed by atoms with Gasteiger partial charge in [0.25, 0.3) is 11.8 Å². The van der Waals surface area contributed by atoms with E-state index in [1.54, 1.807) is 13.8 Å². The lowest BCUT2D eigenvalue weighted by Crippen LogP contribution is -2.71. The van der Waals surface area contributed by atoms with Crippen LogP contribution >= 0.6 is 34.7 Å². The van der Waals surface area contributed by atoms with Gasteiger partial charge in [-0.1, -0.05) is 19.0 Å². The van der Waals surface area contributed by atoms with Crippen LogP contribution in [0.3, 0.4) is 0 Å². The maximum Gasteiger partial charge on any atom is 0.363 e. The second-order valence-electron chi connectivity index (χ2n) is 5.98. The van der Waals surface area contributed by atoms with Crippen molar-refractivity contribution < 1.29 is 32.2 Å². The Labute approximate surface area is 185 Å². The lowest BCUT2D eigenvalue weighted by Gasteiger charge is -2.44. The van der Waals surface area contributed by atoms with Gasteiger partial charge in [0, 0.05) is 10.6 Å². The summed E-state index contributed by atoms with van der Waals surface area (Å²) in [6.07, 6.45) is 0. The highest BCUT2D eigenvalue weighted by Crippen LogP contribution is 2.34. The van der Waals surface area contributed by atoms with Crippen molar-refractivity contribution >= 4 is 73.6 Å². The summed E-state index contributed by atoms with van der Waals surface area (Å²) in [7, 11) is -3.58. The van der Waals surface area contributed by atoms with E-state index in [4.69, 9.17) is 11.6 Å². The van der Waals surface area contributed by atoms with Crippen molar-refractivity contribution in [1.29, 1.82) is 0 Å². The molecule has 1 aromatic heterocycles. The van der Waals surface area contributed by atoms with Crippen molar-refractivity contribution in [3.63, 3.8) is 0 Å². The minimum absolute atomic E-state index is 0.0516. The molecule has 3 amide bonds. The van der Waals surface area contributed by atoms with Crippen molar-refractivity contribution in [2.75, 3.05) is 18.3 Å². The van der Waals surface area contributed by atoms with Crippen LogP contribution in [0.5, 0.6) is 0 Å². The fourth-order valence-electron chi connectivity index (χ4n) is 2.33. The zero-order valence-corrected chi connectivity index (χ0v) is 19.1. The van der Waals surface area contributed by atoms with Crippen LogP contribution < -0.4 is 10.6 Å². The molecule has 1 aromatic rings. The number of aromatic nitrogens is 1. The smallest absolute Gasteiger partial charge is 0.363 e. The molecule has 0 bridgehead atoms. The molecule has 1 aliphatic rings. The number of hydrogen-bond acceptors (Lipinski definition) is 10. The Morgan fingerprint density at radius 1 is 1.50 bits per heavy atom. The van der Waals surface area contributed by atoms with E-state index in [1.165, 1.54) is 12.5 Å².